The van der Waals surface area contributed by atoms with Crippen LogP contribution in [0.15, 0.2) is 5.38 Å². The Bertz CT molecular complexity index is 375. The summed E-state index contributed by atoms with van der Waals surface area (Å²) in [6, 6.07) is 0. The molecule has 1 aromatic heterocycles. The predicted octanol–water partition coefficient (Wildman–Crippen LogP) is 4.05. The van der Waals surface area contributed by atoms with Crippen molar-refractivity contribution in [2.75, 3.05) is 13.6 Å². The average molecular weight is 280 g/mol. The highest BCUT2D eigenvalue weighted by Gasteiger charge is 2.30. The van der Waals surface area contributed by atoms with Gasteiger partial charge in [-0.25, -0.2) is 4.98 Å². The molecule has 19 heavy (non-hydrogen) atoms. The Labute approximate surface area is 122 Å². The van der Waals surface area contributed by atoms with Crippen LogP contribution >= 0.6 is 11.3 Å². The average Bonchev–Trinajstić information content (AvgIpc) is 2.79. The zero-order chi connectivity index (χ0) is 13.7. The largest absolute Gasteiger partial charge is 0.319 e. The molecule has 3 atom stereocenters. The van der Waals surface area contributed by atoms with Crippen LogP contribution in [0, 0.1) is 24.7 Å². The Balaban J connectivity index is 1.98. The number of thiazole rings is 1. The highest BCUT2D eigenvalue weighted by molar-refractivity contribution is 7.09. The van der Waals surface area contributed by atoms with E-state index in [9.17, 15) is 0 Å². The van der Waals surface area contributed by atoms with Gasteiger partial charge in [0.2, 0.25) is 0 Å². The summed E-state index contributed by atoms with van der Waals surface area (Å²) in [5.74, 6) is 2.65. The quantitative estimate of drug-likeness (QED) is 0.850. The summed E-state index contributed by atoms with van der Waals surface area (Å²) < 4.78 is 0. The summed E-state index contributed by atoms with van der Waals surface area (Å²) in [5.41, 5.74) is 1.19. The predicted molar refractivity (Wildman–Crippen MR) is 83.7 cm³/mol. The van der Waals surface area contributed by atoms with Crippen LogP contribution in [0.4, 0.5) is 0 Å². The number of aryl methyl sites for hydroxylation is 1. The summed E-state index contributed by atoms with van der Waals surface area (Å²) in [7, 11) is 2.09. The fourth-order valence-corrected chi connectivity index (χ4v) is 4.46. The van der Waals surface area contributed by atoms with E-state index in [2.05, 4.69) is 36.6 Å². The summed E-state index contributed by atoms with van der Waals surface area (Å²) >= 11 is 1.85. The van der Waals surface area contributed by atoms with Crippen molar-refractivity contribution in [3.05, 3.63) is 16.1 Å². The van der Waals surface area contributed by atoms with E-state index < -0.39 is 0 Å². The second-order valence-electron chi connectivity index (χ2n) is 6.13. The summed E-state index contributed by atoms with van der Waals surface area (Å²) in [6.07, 6.45) is 8.21. The molecule has 0 aliphatic heterocycles. The van der Waals surface area contributed by atoms with E-state index in [4.69, 9.17) is 0 Å². The van der Waals surface area contributed by atoms with E-state index in [1.165, 1.54) is 55.8 Å². The lowest BCUT2D eigenvalue weighted by Gasteiger charge is -2.36. The summed E-state index contributed by atoms with van der Waals surface area (Å²) in [5, 5.41) is 6.93. The molecule has 1 aromatic rings. The lowest BCUT2D eigenvalue weighted by molar-refractivity contribution is 0.169. The highest BCUT2D eigenvalue weighted by atomic mass is 32.1. The molecule has 3 heteroatoms. The normalized spacial score (nSPS) is 27.6. The Morgan fingerprint density at radius 2 is 2.21 bits per heavy atom. The Kier molecular flexibility index (Phi) is 5.83. The summed E-state index contributed by atoms with van der Waals surface area (Å²) in [4.78, 5) is 4.67. The molecule has 0 radical (unpaired) electrons. The molecule has 0 saturated heterocycles. The van der Waals surface area contributed by atoms with Crippen molar-refractivity contribution in [1.82, 2.24) is 10.3 Å². The molecule has 3 unspecified atom stereocenters. The second-order valence-corrected chi connectivity index (χ2v) is 7.07. The first-order valence-electron chi connectivity index (χ1n) is 7.78. The van der Waals surface area contributed by atoms with Crippen LogP contribution in [0.1, 0.15) is 49.7 Å². The monoisotopic (exact) mass is 280 g/mol. The number of hydrogen-bond donors (Lipinski definition) is 1. The Morgan fingerprint density at radius 1 is 1.37 bits per heavy atom. The van der Waals surface area contributed by atoms with Gasteiger partial charge in [0.25, 0.3) is 0 Å². The maximum absolute atomic E-state index is 4.67. The van der Waals surface area contributed by atoms with Gasteiger partial charge in [0, 0.05) is 17.5 Å². The van der Waals surface area contributed by atoms with Crippen molar-refractivity contribution in [1.29, 1.82) is 0 Å². The van der Waals surface area contributed by atoms with Gasteiger partial charge in [-0.2, -0.15) is 0 Å². The van der Waals surface area contributed by atoms with Gasteiger partial charge in [0.1, 0.15) is 0 Å². The van der Waals surface area contributed by atoms with Crippen molar-refractivity contribution in [2.24, 2.45) is 17.8 Å². The molecule has 1 saturated carbocycles. The van der Waals surface area contributed by atoms with Crippen LogP contribution in [0.5, 0.6) is 0 Å². The molecule has 0 spiro atoms. The van der Waals surface area contributed by atoms with Gasteiger partial charge in [0.15, 0.2) is 0 Å². The molecule has 1 N–H and O–H groups in total. The Morgan fingerprint density at radius 3 is 2.84 bits per heavy atom. The lowest BCUT2D eigenvalue weighted by Crippen LogP contribution is -2.33. The van der Waals surface area contributed by atoms with E-state index in [0.717, 1.165) is 17.8 Å². The minimum Gasteiger partial charge on any atom is -0.319 e. The number of aromatic nitrogens is 1. The van der Waals surface area contributed by atoms with Gasteiger partial charge in [-0.15, -0.1) is 11.3 Å². The van der Waals surface area contributed by atoms with E-state index in [0.29, 0.717) is 0 Å². The van der Waals surface area contributed by atoms with Crippen LogP contribution in [0.25, 0.3) is 0 Å². The van der Waals surface area contributed by atoms with Gasteiger partial charge in [0.05, 0.1) is 5.01 Å². The standard InChI is InChI=1S/C16H28N2S/c1-4-5-13-6-7-14(10-17-3)15(8-13)9-16-18-12(2)11-19-16/h11,13-15,17H,4-10H2,1-3H3. The SMILES string of the molecule is CCCC1CCC(CNC)C(Cc2nc(C)cs2)C1. The van der Waals surface area contributed by atoms with Gasteiger partial charge in [-0.05, 0) is 51.1 Å². The molecule has 0 amide bonds. The first kappa shape index (κ1) is 15.0. The van der Waals surface area contributed by atoms with Crippen molar-refractivity contribution in [3.8, 4) is 0 Å². The fraction of sp³-hybridized carbons (Fsp3) is 0.812. The first-order chi connectivity index (χ1) is 9.22. The third-order valence-corrected chi connectivity index (χ3v) is 5.50. The van der Waals surface area contributed by atoms with Crippen molar-refractivity contribution >= 4 is 11.3 Å². The maximum atomic E-state index is 4.67. The number of hydrogen-bond acceptors (Lipinski definition) is 3. The van der Waals surface area contributed by atoms with E-state index in [1.54, 1.807) is 0 Å². The lowest BCUT2D eigenvalue weighted by atomic mass is 9.71. The van der Waals surface area contributed by atoms with Crippen molar-refractivity contribution in [3.63, 3.8) is 0 Å². The van der Waals surface area contributed by atoms with Gasteiger partial charge >= 0.3 is 0 Å². The van der Waals surface area contributed by atoms with Gasteiger partial charge < -0.3 is 5.32 Å². The zero-order valence-corrected chi connectivity index (χ0v) is 13.4. The molecule has 0 aromatic carbocycles. The molecule has 1 fully saturated rings. The van der Waals surface area contributed by atoms with E-state index >= 15 is 0 Å². The van der Waals surface area contributed by atoms with Crippen LogP contribution in [-0.4, -0.2) is 18.6 Å². The number of nitrogens with one attached hydrogen (secondary N) is 1. The molecule has 1 aliphatic rings. The maximum Gasteiger partial charge on any atom is 0.0930 e. The molecule has 0 bridgehead atoms. The van der Waals surface area contributed by atoms with Crippen molar-refractivity contribution in [2.45, 2.75) is 52.4 Å². The van der Waals surface area contributed by atoms with Crippen LogP contribution < -0.4 is 5.32 Å². The molecule has 1 heterocycles. The minimum absolute atomic E-state index is 0.836. The van der Waals surface area contributed by atoms with Gasteiger partial charge in [-0.3, -0.25) is 0 Å². The molecule has 1 aliphatic carbocycles. The highest BCUT2D eigenvalue weighted by Crippen LogP contribution is 2.38. The minimum atomic E-state index is 0.836. The summed E-state index contributed by atoms with van der Waals surface area (Å²) in [6.45, 7) is 5.60. The molecule has 2 rings (SSSR count). The van der Waals surface area contributed by atoms with Crippen LogP contribution in [-0.2, 0) is 6.42 Å². The third kappa shape index (κ3) is 4.28. The number of rotatable bonds is 6. The van der Waals surface area contributed by atoms with Crippen molar-refractivity contribution < 1.29 is 0 Å². The molecular formula is C16H28N2S. The second kappa shape index (κ2) is 7.39. The molecule has 2 nitrogen and oxygen atoms in total. The topological polar surface area (TPSA) is 24.9 Å². The van der Waals surface area contributed by atoms with E-state index in [1.807, 2.05) is 11.3 Å². The van der Waals surface area contributed by atoms with Gasteiger partial charge in [-0.1, -0.05) is 26.2 Å². The van der Waals surface area contributed by atoms with Crippen LogP contribution in [0.2, 0.25) is 0 Å². The smallest absolute Gasteiger partial charge is 0.0930 e. The van der Waals surface area contributed by atoms with E-state index in [-0.39, 0.29) is 0 Å². The Hall–Kier alpha value is -0.410. The fourth-order valence-electron chi connectivity index (χ4n) is 3.60. The van der Waals surface area contributed by atoms with Crippen LogP contribution in [0.3, 0.4) is 0 Å². The molecular weight excluding hydrogens is 252 g/mol. The first-order valence-corrected chi connectivity index (χ1v) is 8.66. The number of nitrogens with zero attached hydrogens (tertiary/aromatic N) is 1. The zero-order valence-electron chi connectivity index (χ0n) is 12.6. The third-order valence-electron chi connectivity index (χ3n) is 4.52. The molecule has 108 valence electrons.